The number of hydrogen-bond donors (Lipinski definition) is 2. The predicted octanol–water partition coefficient (Wildman–Crippen LogP) is 1.92. The van der Waals surface area contributed by atoms with Crippen molar-refractivity contribution in [2.45, 2.75) is 39.0 Å². The zero-order chi connectivity index (χ0) is 13.2. The Kier molecular flexibility index (Phi) is 6.53. The second-order valence-corrected chi connectivity index (χ2v) is 3.99. The van der Waals surface area contributed by atoms with E-state index in [1.165, 1.54) is 38.1 Å². The number of unbranched alkanes of at least 4 members (excludes halogenated alkanes) is 4. The number of rotatable bonds is 8. The molecule has 0 saturated heterocycles. The Balaban J connectivity index is 2.27. The molecule has 0 atom stereocenters. The Bertz CT molecular complexity index is 365. The molecule has 1 rings (SSSR count). The lowest BCUT2D eigenvalue weighted by Gasteiger charge is -2.05. The number of amidine groups is 1. The number of nitrogens with two attached hydrogens (primary N) is 1. The van der Waals surface area contributed by atoms with Gasteiger partial charge in [-0.2, -0.15) is 0 Å². The molecule has 18 heavy (non-hydrogen) atoms. The third kappa shape index (κ3) is 4.99. The third-order valence-corrected chi connectivity index (χ3v) is 2.50. The van der Waals surface area contributed by atoms with Crippen LogP contribution in [0, 0.1) is 0 Å². The van der Waals surface area contributed by atoms with Crippen LogP contribution in [-0.2, 0) is 0 Å². The van der Waals surface area contributed by atoms with Gasteiger partial charge in [-0.25, -0.2) is 9.97 Å². The van der Waals surface area contributed by atoms with Gasteiger partial charge < -0.3 is 15.7 Å². The molecule has 100 valence electrons. The molecule has 6 nitrogen and oxygen atoms in total. The molecule has 0 fully saturated rings. The maximum absolute atomic E-state index is 8.47. The average molecular weight is 252 g/mol. The molecule has 1 aromatic heterocycles. The number of oxime groups is 1. The first-order chi connectivity index (χ1) is 8.77. The monoisotopic (exact) mass is 252 g/mol. The summed E-state index contributed by atoms with van der Waals surface area (Å²) in [7, 11) is 0. The van der Waals surface area contributed by atoms with Crippen LogP contribution in [0.25, 0.3) is 0 Å². The van der Waals surface area contributed by atoms with Crippen LogP contribution in [0.5, 0.6) is 5.88 Å². The molecule has 3 N–H and O–H groups in total. The zero-order valence-corrected chi connectivity index (χ0v) is 10.7. The molecule has 6 heteroatoms. The molecule has 0 unspecified atom stereocenters. The fourth-order valence-electron chi connectivity index (χ4n) is 1.46. The maximum Gasteiger partial charge on any atom is 0.232 e. The van der Waals surface area contributed by atoms with E-state index in [4.69, 9.17) is 15.7 Å². The minimum Gasteiger partial charge on any atom is -0.477 e. The van der Waals surface area contributed by atoms with Crippen molar-refractivity contribution in [2.75, 3.05) is 6.61 Å². The fourth-order valence-corrected chi connectivity index (χ4v) is 1.46. The second kappa shape index (κ2) is 8.27. The first kappa shape index (κ1) is 14.2. The van der Waals surface area contributed by atoms with Crippen LogP contribution in [0.4, 0.5) is 0 Å². The molecule has 0 radical (unpaired) electrons. The smallest absolute Gasteiger partial charge is 0.232 e. The largest absolute Gasteiger partial charge is 0.477 e. The third-order valence-electron chi connectivity index (χ3n) is 2.50. The standard InChI is InChI=1S/C12H20N4O2/c1-2-3-4-5-6-7-18-11-9-14-10(8-15-11)12(13)16-17/h8-9,17H,2-7H2,1H3,(H2,13,16). The van der Waals surface area contributed by atoms with Gasteiger partial charge in [0.15, 0.2) is 5.84 Å². The fraction of sp³-hybridized carbons (Fsp3) is 0.583. The van der Waals surface area contributed by atoms with E-state index in [1.807, 2.05) is 0 Å². The first-order valence-corrected chi connectivity index (χ1v) is 6.20. The Morgan fingerprint density at radius 3 is 2.67 bits per heavy atom. The van der Waals surface area contributed by atoms with Crippen molar-refractivity contribution >= 4 is 5.84 Å². The molecule has 0 amide bonds. The second-order valence-electron chi connectivity index (χ2n) is 3.99. The highest BCUT2D eigenvalue weighted by Crippen LogP contribution is 2.07. The topological polar surface area (TPSA) is 93.6 Å². The number of aromatic nitrogens is 2. The summed E-state index contributed by atoms with van der Waals surface area (Å²) in [5, 5.41) is 11.3. The molecule has 0 aromatic carbocycles. The number of nitrogens with zero attached hydrogens (tertiary/aromatic N) is 3. The molecule has 0 aliphatic heterocycles. The van der Waals surface area contributed by atoms with Gasteiger partial charge in [-0.05, 0) is 6.42 Å². The minimum atomic E-state index is -0.0615. The van der Waals surface area contributed by atoms with Gasteiger partial charge in [0.25, 0.3) is 0 Å². The highest BCUT2D eigenvalue weighted by atomic mass is 16.5. The van der Waals surface area contributed by atoms with Crippen LogP contribution in [0.15, 0.2) is 17.5 Å². The van der Waals surface area contributed by atoms with Crippen molar-refractivity contribution < 1.29 is 9.94 Å². The Hall–Kier alpha value is -1.85. The predicted molar refractivity (Wildman–Crippen MR) is 68.8 cm³/mol. The summed E-state index contributed by atoms with van der Waals surface area (Å²) in [6, 6.07) is 0. The Labute approximate surface area is 107 Å². The normalized spacial score (nSPS) is 11.5. The summed E-state index contributed by atoms with van der Waals surface area (Å²) in [5.41, 5.74) is 5.70. The summed E-state index contributed by atoms with van der Waals surface area (Å²) in [5.74, 6) is 0.397. The van der Waals surface area contributed by atoms with Gasteiger partial charge >= 0.3 is 0 Å². The van der Waals surface area contributed by atoms with E-state index in [9.17, 15) is 0 Å². The van der Waals surface area contributed by atoms with Crippen LogP contribution in [0.1, 0.15) is 44.7 Å². The summed E-state index contributed by atoms with van der Waals surface area (Å²) in [6.07, 6.45) is 8.83. The van der Waals surface area contributed by atoms with Crippen molar-refractivity contribution in [1.29, 1.82) is 0 Å². The maximum atomic E-state index is 8.47. The Morgan fingerprint density at radius 2 is 2.06 bits per heavy atom. The lowest BCUT2D eigenvalue weighted by Crippen LogP contribution is -2.15. The summed E-state index contributed by atoms with van der Waals surface area (Å²) >= 11 is 0. The van der Waals surface area contributed by atoms with Crippen LogP contribution in [0.2, 0.25) is 0 Å². The van der Waals surface area contributed by atoms with Gasteiger partial charge in [0.1, 0.15) is 5.69 Å². The highest BCUT2D eigenvalue weighted by Gasteiger charge is 2.02. The van der Waals surface area contributed by atoms with Crippen LogP contribution in [-0.4, -0.2) is 27.6 Å². The molecule has 0 aliphatic rings. The summed E-state index contributed by atoms with van der Waals surface area (Å²) < 4.78 is 5.44. The van der Waals surface area contributed by atoms with Crippen molar-refractivity contribution in [2.24, 2.45) is 10.9 Å². The van der Waals surface area contributed by atoms with E-state index in [2.05, 4.69) is 22.0 Å². The van der Waals surface area contributed by atoms with E-state index in [1.54, 1.807) is 0 Å². The Morgan fingerprint density at radius 1 is 1.28 bits per heavy atom. The molecule has 1 aromatic rings. The van der Waals surface area contributed by atoms with Crippen molar-refractivity contribution in [3.8, 4) is 5.88 Å². The molecular weight excluding hydrogens is 232 g/mol. The summed E-state index contributed by atoms with van der Waals surface area (Å²) in [4.78, 5) is 8.00. The zero-order valence-electron chi connectivity index (χ0n) is 10.7. The lowest BCUT2D eigenvalue weighted by molar-refractivity contribution is 0.292. The minimum absolute atomic E-state index is 0.0615. The van der Waals surface area contributed by atoms with E-state index in [0.29, 0.717) is 18.2 Å². The molecule has 0 aliphatic carbocycles. The van der Waals surface area contributed by atoms with Gasteiger partial charge in [0.05, 0.1) is 19.0 Å². The molecule has 0 saturated carbocycles. The highest BCUT2D eigenvalue weighted by molar-refractivity contribution is 5.94. The van der Waals surface area contributed by atoms with Crippen molar-refractivity contribution in [3.05, 3.63) is 18.1 Å². The molecule has 0 bridgehead atoms. The van der Waals surface area contributed by atoms with Gasteiger partial charge in [0, 0.05) is 0 Å². The molecule has 1 heterocycles. The molecular formula is C12H20N4O2. The van der Waals surface area contributed by atoms with Crippen molar-refractivity contribution in [1.82, 2.24) is 9.97 Å². The van der Waals surface area contributed by atoms with Crippen LogP contribution >= 0.6 is 0 Å². The van der Waals surface area contributed by atoms with Crippen LogP contribution in [0.3, 0.4) is 0 Å². The molecule has 0 spiro atoms. The number of ether oxygens (including phenoxy) is 1. The first-order valence-electron chi connectivity index (χ1n) is 6.20. The van der Waals surface area contributed by atoms with Gasteiger partial charge in [-0.1, -0.05) is 37.8 Å². The average Bonchev–Trinajstić information content (AvgIpc) is 2.42. The number of hydrogen-bond acceptors (Lipinski definition) is 5. The van der Waals surface area contributed by atoms with E-state index >= 15 is 0 Å². The van der Waals surface area contributed by atoms with Crippen LogP contribution < -0.4 is 10.5 Å². The van der Waals surface area contributed by atoms with Gasteiger partial charge in [-0.3, -0.25) is 0 Å². The SMILES string of the molecule is CCCCCCCOc1cnc(C(N)=NO)cn1. The summed E-state index contributed by atoms with van der Waals surface area (Å²) in [6.45, 7) is 2.83. The quantitative estimate of drug-likeness (QED) is 0.242. The van der Waals surface area contributed by atoms with Gasteiger partial charge in [-0.15, -0.1) is 0 Å². The van der Waals surface area contributed by atoms with E-state index in [-0.39, 0.29) is 5.84 Å². The van der Waals surface area contributed by atoms with E-state index < -0.39 is 0 Å². The van der Waals surface area contributed by atoms with E-state index in [0.717, 1.165) is 6.42 Å². The van der Waals surface area contributed by atoms with Gasteiger partial charge in [0.2, 0.25) is 5.88 Å². The lowest BCUT2D eigenvalue weighted by atomic mass is 10.2. The van der Waals surface area contributed by atoms with Crippen molar-refractivity contribution in [3.63, 3.8) is 0 Å².